The Morgan fingerprint density at radius 2 is 1.75 bits per heavy atom. The van der Waals surface area contributed by atoms with Crippen molar-refractivity contribution >= 4 is 11.9 Å². The summed E-state index contributed by atoms with van der Waals surface area (Å²) in [7, 11) is 0. The van der Waals surface area contributed by atoms with E-state index in [0.717, 1.165) is 51.6 Å². The summed E-state index contributed by atoms with van der Waals surface area (Å²) in [5.74, 6) is -0.458. The Bertz CT molecular complexity index is 334. The smallest absolute Gasteiger partial charge is 0.326 e. The molecule has 2 fully saturated rings. The van der Waals surface area contributed by atoms with Crippen LogP contribution in [0.25, 0.3) is 0 Å². The van der Waals surface area contributed by atoms with Gasteiger partial charge in [-0.05, 0) is 50.6 Å². The Kier molecular flexibility index (Phi) is 5.83. The van der Waals surface area contributed by atoms with Gasteiger partial charge in [0.05, 0.1) is 0 Å². The zero-order chi connectivity index (χ0) is 14.4. The SMILES string of the molecule is O=C(CC1CCNCC1)NC(C(=O)O)C1CCCCC1. The Morgan fingerprint density at radius 3 is 2.35 bits per heavy atom. The van der Waals surface area contributed by atoms with Crippen molar-refractivity contribution in [3.8, 4) is 0 Å². The molecule has 0 bridgehead atoms. The van der Waals surface area contributed by atoms with Crippen LogP contribution < -0.4 is 10.6 Å². The molecule has 0 radical (unpaired) electrons. The largest absolute Gasteiger partial charge is 0.480 e. The van der Waals surface area contributed by atoms with E-state index in [0.29, 0.717) is 12.3 Å². The van der Waals surface area contributed by atoms with E-state index in [1.54, 1.807) is 0 Å². The second-order valence-corrected chi connectivity index (χ2v) is 6.18. The van der Waals surface area contributed by atoms with Gasteiger partial charge in [-0.3, -0.25) is 4.79 Å². The average Bonchev–Trinajstić information content (AvgIpc) is 2.46. The first-order chi connectivity index (χ1) is 9.66. The highest BCUT2D eigenvalue weighted by Crippen LogP contribution is 2.27. The molecule has 1 saturated heterocycles. The predicted octanol–water partition coefficient (Wildman–Crippen LogP) is 1.53. The van der Waals surface area contributed by atoms with Crippen molar-refractivity contribution in [1.82, 2.24) is 10.6 Å². The molecule has 5 nitrogen and oxygen atoms in total. The standard InChI is InChI=1S/C15H26N2O3/c18-13(10-11-6-8-16-9-7-11)17-14(15(19)20)12-4-2-1-3-5-12/h11-12,14,16H,1-10H2,(H,17,18)(H,19,20). The molecule has 1 unspecified atom stereocenters. The van der Waals surface area contributed by atoms with Crippen LogP contribution in [0.4, 0.5) is 0 Å². The lowest BCUT2D eigenvalue weighted by molar-refractivity contribution is -0.144. The second kappa shape index (κ2) is 7.62. The third kappa shape index (κ3) is 4.47. The average molecular weight is 282 g/mol. The zero-order valence-electron chi connectivity index (χ0n) is 12.1. The number of carboxylic acids is 1. The van der Waals surface area contributed by atoms with Crippen LogP contribution in [0.1, 0.15) is 51.4 Å². The van der Waals surface area contributed by atoms with Crippen LogP contribution in [0.3, 0.4) is 0 Å². The molecule has 1 saturated carbocycles. The predicted molar refractivity (Wildman–Crippen MR) is 76.4 cm³/mol. The Balaban J connectivity index is 1.83. The van der Waals surface area contributed by atoms with Crippen LogP contribution in [-0.2, 0) is 9.59 Å². The summed E-state index contributed by atoms with van der Waals surface area (Å²) in [6.45, 7) is 1.92. The number of carboxylic acid groups (broad SMARTS) is 1. The van der Waals surface area contributed by atoms with Crippen molar-refractivity contribution in [2.45, 2.75) is 57.4 Å². The molecular weight excluding hydrogens is 256 g/mol. The van der Waals surface area contributed by atoms with Crippen molar-refractivity contribution in [1.29, 1.82) is 0 Å². The van der Waals surface area contributed by atoms with Crippen molar-refractivity contribution in [2.75, 3.05) is 13.1 Å². The quantitative estimate of drug-likeness (QED) is 0.714. The lowest BCUT2D eigenvalue weighted by atomic mass is 9.83. The van der Waals surface area contributed by atoms with Crippen molar-refractivity contribution in [2.24, 2.45) is 11.8 Å². The van der Waals surface area contributed by atoms with Crippen LogP contribution in [0.2, 0.25) is 0 Å². The highest BCUT2D eigenvalue weighted by atomic mass is 16.4. The van der Waals surface area contributed by atoms with E-state index >= 15 is 0 Å². The summed E-state index contributed by atoms with van der Waals surface area (Å²) >= 11 is 0. The van der Waals surface area contributed by atoms with Crippen LogP contribution in [0.5, 0.6) is 0 Å². The highest BCUT2D eigenvalue weighted by Gasteiger charge is 2.31. The molecule has 0 spiro atoms. The third-order valence-electron chi connectivity index (χ3n) is 4.64. The van der Waals surface area contributed by atoms with Crippen molar-refractivity contribution in [3.63, 3.8) is 0 Å². The molecule has 3 N–H and O–H groups in total. The van der Waals surface area contributed by atoms with Crippen LogP contribution in [0, 0.1) is 11.8 Å². The zero-order valence-corrected chi connectivity index (χ0v) is 12.1. The van der Waals surface area contributed by atoms with E-state index in [1.165, 1.54) is 6.42 Å². The van der Waals surface area contributed by atoms with Gasteiger partial charge in [-0.1, -0.05) is 19.3 Å². The molecular formula is C15H26N2O3. The van der Waals surface area contributed by atoms with Crippen LogP contribution in [0.15, 0.2) is 0 Å². The van der Waals surface area contributed by atoms with Crippen LogP contribution >= 0.6 is 0 Å². The summed E-state index contributed by atoms with van der Waals surface area (Å²) in [4.78, 5) is 23.5. The van der Waals surface area contributed by atoms with Gasteiger partial charge in [0.25, 0.3) is 0 Å². The number of nitrogens with one attached hydrogen (secondary N) is 2. The third-order valence-corrected chi connectivity index (χ3v) is 4.64. The van der Waals surface area contributed by atoms with Gasteiger partial charge in [0.15, 0.2) is 0 Å². The molecule has 1 heterocycles. The summed E-state index contributed by atoms with van der Waals surface area (Å²) in [6.07, 6.45) is 7.68. The number of hydrogen-bond acceptors (Lipinski definition) is 3. The fourth-order valence-electron chi connectivity index (χ4n) is 3.43. The van der Waals surface area contributed by atoms with E-state index in [-0.39, 0.29) is 11.8 Å². The van der Waals surface area contributed by atoms with Gasteiger partial charge in [-0.2, -0.15) is 0 Å². The molecule has 1 atom stereocenters. The number of hydrogen-bond donors (Lipinski definition) is 3. The number of amides is 1. The maximum Gasteiger partial charge on any atom is 0.326 e. The van der Waals surface area contributed by atoms with E-state index in [9.17, 15) is 14.7 Å². The van der Waals surface area contributed by atoms with Gasteiger partial charge < -0.3 is 15.7 Å². The molecule has 1 amide bonds. The van der Waals surface area contributed by atoms with E-state index in [2.05, 4.69) is 10.6 Å². The molecule has 114 valence electrons. The molecule has 0 aromatic carbocycles. The first kappa shape index (κ1) is 15.3. The Hall–Kier alpha value is -1.10. The van der Waals surface area contributed by atoms with Gasteiger partial charge >= 0.3 is 5.97 Å². The molecule has 0 aromatic heterocycles. The molecule has 2 aliphatic rings. The maximum atomic E-state index is 12.1. The van der Waals surface area contributed by atoms with E-state index < -0.39 is 12.0 Å². The van der Waals surface area contributed by atoms with Crippen molar-refractivity contribution in [3.05, 3.63) is 0 Å². The minimum Gasteiger partial charge on any atom is -0.480 e. The number of aliphatic carboxylic acids is 1. The fourth-order valence-corrected chi connectivity index (χ4v) is 3.43. The summed E-state index contributed by atoms with van der Waals surface area (Å²) in [5.41, 5.74) is 0. The normalized spacial score (nSPS) is 23.2. The van der Waals surface area contributed by atoms with Gasteiger partial charge in [0.1, 0.15) is 6.04 Å². The van der Waals surface area contributed by atoms with Gasteiger partial charge in [-0.15, -0.1) is 0 Å². The van der Waals surface area contributed by atoms with Crippen molar-refractivity contribution < 1.29 is 14.7 Å². The lowest BCUT2D eigenvalue weighted by Crippen LogP contribution is -2.47. The van der Waals surface area contributed by atoms with Gasteiger partial charge in [0.2, 0.25) is 5.91 Å². The fraction of sp³-hybridized carbons (Fsp3) is 0.867. The highest BCUT2D eigenvalue weighted by molar-refractivity contribution is 5.83. The first-order valence-electron chi connectivity index (χ1n) is 7.89. The summed E-state index contributed by atoms with van der Waals surface area (Å²) < 4.78 is 0. The van der Waals surface area contributed by atoms with Crippen LogP contribution in [-0.4, -0.2) is 36.1 Å². The topological polar surface area (TPSA) is 78.4 Å². The Labute approximate surface area is 120 Å². The lowest BCUT2D eigenvalue weighted by Gasteiger charge is -2.29. The van der Waals surface area contributed by atoms with Gasteiger partial charge in [-0.25, -0.2) is 4.79 Å². The minimum atomic E-state index is -0.879. The second-order valence-electron chi connectivity index (χ2n) is 6.18. The van der Waals surface area contributed by atoms with E-state index in [1.807, 2.05) is 0 Å². The molecule has 0 aromatic rings. The molecule has 2 rings (SSSR count). The van der Waals surface area contributed by atoms with Gasteiger partial charge in [0, 0.05) is 6.42 Å². The molecule has 5 heteroatoms. The summed E-state index contributed by atoms with van der Waals surface area (Å²) in [5, 5.41) is 15.4. The number of piperidine rings is 1. The molecule has 1 aliphatic heterocycles. The van der Waals surface area contributed by atoms with E-state index in [4.69, 9.17) is 0 Å². The molecule has 1 aliphatic carbocycles. The maximum absolute atomic E-state index is 12.1. The monoisotopic (exact) mass is 282 g/mol. The Morgan fingerprint density at radius 1 is 1.10 bits per heavy atom. The summed E-state index contributed by atoms with van der Waals surface area (Å²) in [6, 6.07) is -0.690. The first-order valence-corrected chi connectivity index (χ1v) is 7.89. The number of rotatable bonds is 5. The minimum absolute atomic E-state index is 0.0881. The number of carbonyl (C=O) groups is 2. The number of carbonyl (C=O) groups excluding carboxylic acids is 1. The molecule has 20 heavy (non-hydrogen) atoms.